The summed E-state index contributed by atoms with van der Waals surface area (Å²) in [7, 11) is -4.42. The minimum Gasteiger partial charge on any atom is -0.376 e. The van der Waals surface area contributed by atoms with E-state index >= 15 is 0 Å². The van der Waals surface area contributed by atoms with Crippen LogP contribution in [0.4, 0.5) is 0 Å². The minimum atomic E-state index is -1.62. The first-order valence-electron chi connectivity index (χ1n) is 9.17. The van der Waals surface area contributed by atoms with Crippen LogP contribution in [0.2, 0.25) is 39.3 Å². The number of hydrogen-bond acceptors (Lipinski definition) is 2. The molecule has 0 bridgehead atoms. The molecular formula is C20H32O2P2Si2. The topological polar surface area (TPSA) is 18.5 Å². The van der Waals surface area contributed by atoms with Crippen molar-refractivity contribution in [3.63, 3.8) is 0 Å². The second-order valence-electron chi connectivity index (χ2n) is 8.29. The molecule has 2 rings (SSSR count). The largest absolute Gasteiger partial charge is 0.376 e. The van der Waals surface area contributed by atoms with Gasteiger partial charge in [0.05, 0.1) is 0 Å². The maximum Gasteiger partial charge on any atom is 0.191 e. The van der Waals surface area contributed by atoms with Crippen molar-refractivity contribution in [3.8, 4) is 0 Å². The Labute approximate surface area is 164 Å². The molecule has 0 heterocycles. The Bertz CT molecular complexity index is 600. The third-order valence-corrected chi connectivity index (χ3v) is 12.9. The van der Waals surface area contributed by atoms with Crippen LogP contribution in [-0.2, 0) is 8.43 Å². The Morgan fingerprint density at radius 3 is 1.35 bits per heavy atom. The zero-order valence-electron chi connectivity index (χ0n) is 16.9. The summed E-state index contributed by atoms with van der Waals surface area (Å²) in [6.07, 6.45) is 2.13. The Morgan fingerprint density at radius 1 is 0.615 bits per heavy atom. The van der Waals surface area contributed by atoms with E-state index in [0.29, 0.717) is 0 Å². The summed E-state index contributed by atoms with van der Waals surface area (Å²) in [6, 6.07) is 21.8. The van der Waals surface area contributed by atoms with Crippen molar-refractivity contribution in [1.82, 2.24) is 0 Å². The predicted molar refractivity (Wildman–Crippen MR) is 125 cm³/mol. The molecule has 6 heteroatoms. The van der Waals surface area contributed by atoms with Crippen LogP contribution in [0.5, 0.6) is 0 Å². The molecule has 0 saturated carbocycles. The third-order valence-electron chi connectivity index (χ3n) is 3.39. The van der Waals surface area contributed by atoms with E-state index < -0.39 is 25.0 Å². The Morgan fingerprint density at radius 2 is 1.00 bits per heavy atom. The van der Waals surface area contributed by atoms with E-state index in [4.69, 9.17) is 8.43 Å². The summed E-state index contributed by atoms with van der Waals surface area (Å²) < 4.78 is 12.9. The van der Waals surface area contributed by atoms with Gasteiger partial charge >= 0.3 is 0 Å². The molecule has 0 unspecified atom stereocenters. The molecule has 0 radical (unpaired) electrons. The van der Waals surface area contributed by atoms with Gasteiger partial charge in [-0.05, 0) is 64.0 Å². The maximum absolute atomic E-state index is 6.46. The van der Waals surface area contributed by atoms with Crippen molar-refractivity contribution in [1.29, 1.82) is 0 Å². The highest BCUT2D eigenvalue weighted by Gasteiger charge is 2.28. The van der Waals surface area contributed by atoms with Gasteiger partial charge in [-0.3, -0.25) is 0 Å². The average Bonchev–Trinajstić information content (AvgIpc) is 2.54. The number of hydrogen-bond donors (Lipinski definition) is 0. The standard InChI is InChI=1S/C20H32O2P2Si2/c1-25(2,3)21-24(22-26(4,5)6)18-17-23(19-13-9-7-10-14-19)20-15-11-8-12-16-20/h7-16H,17-18H2,1-6H3. The normalized spacial score (nSPS) is 12.8. The van der Waals surface area contributed by atoms with Gasteiger partial charge in [0.1, 0.15) is 8.38 Å². The van der Waals surface area contributed by atoms with Crippen LogP contribution in [0.3, 0.4) is 0 Å². The molecule has 0 aromatic heterocycles. The van der Waals surface area contributed by atoms with Crippen molar-refractivity contribution in [2.45, 2.75) is 39.3 Å². The first-order chi connectivity index (χ1) is 12.1. The molecular weight excluding hydrogens is 390 g/mol. The van der Waals surface area contributed by atoms with Crippen molar-refractivity contribution in [2.24, 2.45) is 0 Å². The summed E-state index contributed by atoms with van der Waals surface area (Å²) in [6.45, 7) is 13.5. The van der Waals surface area contributed by atoms with Gasteiger partial charge < -0.3 is 8.43 Å². The monoisotopic (exact) mass is 422 g/mol. The second-order valence-corrected chi connectivity index (χ2v) is 21.6. The second kappa shape index (κ2) is 9.73. The van der Waals surface area contributed by atoms with Gasteiger partial charge in [-0.1, -0.05) is 60.7 Å². The molecule has 2 aromatic carbocycles. The Hall–Kier alpha value is -0.346. The van der Waals surface area contributed by atoms with Gasteiger partial charge in [0.25, 0.3) is 0 Å². The van der Waals surface area contributed by atoms with Gasteiger partial charge in [0.2, 0.25) is 0 Å². The van der Waals surface area contributed by atoms with E-state index in [1.165, 1.54) is 10.6 Å². The lowest BCUT2D eigenvalue weighted by Gasteiger charge is -2.31. The van der Waals surface area contributed by atoms with E-state index in [1.807, 2.05) is 0 Å². The Balaban J connectivity index is 2.18. The summed E-state index contributed by atoms with van der Waals surface area (Å²) in [5.74, 6) is 0. The lowest BCUT2D eigenvalue weighted by molar-refractivity contribution is 0.490. The highest BCUT2D eigenvalue weighted by molar-refractivity contribution is 7.73. The molecule has 0 saturated heterocycles. The van der Waals surface area contributed by atoms with Gasteiger partial charge in [-0.2, -0.15) is 0 Å². The first kappa shape index (κ1) is 21.9. The summed E-state index contributed by atoms with van der Waals surface area (Å²) in [5, 5.41) is 2.87. The van der Waals surface area contributed by atoms with Crippen LogP contribution in [0, 0.1) is 0 Å². The number of benzene rings is 2. The quantitative estimate of drug-likeness (QED) is 0.357. The number of rotatable bonds is 9. The molecule has 0 fully saturated rings. The summed E-state index contributed by atoms with van der Waals surface area (Å²) >= 11 is 0. The van der Waals surface area contributed by atoms with Crippen molar-refractivity contribution < 1.29 is 8.43 Å². The van der Waals surface area contributed by atoms with Crippen molar-refractivity contribution in [2.75, 3.05) is 12.3 Å². The van der Waals surface area contributed by atoms with Crippen LogP contribution < -0.4 is 10.6 Å². The molecule has 142 valence electrons. The van der Waals surface area contributed by atoms with Gasteiger partial charge in [-0.15, -0.1) is 0 Å². The highest BCUT2D eigenvalue weighted by atomic mass is 31.2. The van der Waals surface area contributed by atoms with E-state index in [9.17, 15) is 0 Å². The van der Waals surface area contributed by atoms with E-state index in [-0.39, 0.29) is 7.92 Å². The van der Waals surface area contributed by atoms with Gasteiger partial charge in [-0.25, -0.2) is 0 Å². The molecule has 2 nitrogen and oxygen atoms in total. The Kier molecular flexibility index (Phi) is 8.21. The lowest BCUT2D eigenvalue weighted by atomic mass is 10.4. The lowest BCUT2D eigenvalue weighted by Crippen LogP contribution is -2.29. The predicted octanol–water partition coefficient (Wildman–Crippen LogP) is 6.13. The first-order valence-corrected chi connectivity index (χ1v) is 18.9. The van der Waals surface area contributed by atoms with Crippen LogP contribution >= 0.6 is 16.3 Å². The molecule has 0 spiro atoms. The molecule has 0 N–H and O–H groups in total. The van der Waals surface area contributed by atoms with Gasteiger partial charge in [0, 0.05) is 6.16 Å². The van der Waals surface area contributed by atoms with Crippen LogP contribution in [-0.4, -0.2) is 29.0 Å². The molecule has 0 atom stereocenters. The fourth-order valence-electron chi connectivity index (χ4n) is 2.53. The zero-order valence-corrected chi connectivity index (χ0v) is 20.7. The average molecular weight is 423 g/mol. The van der Waals surface area contributed by atoms with Crippen LogP contribution in [0.15, 0.2) is 60.7 Å². The molecule has 0 aliphatic carbocycles. The smallest absolute Gasteiger partial charge is 0.191 e. The SMILES string of the molecule is C[Si](C)(C)OP(CCP(c1ccccc1)c1ccccc1)O[Si](C)(C)C. The molecule has 0 aliphatic heterocycles. The minimum absolute atomic E-state index is 0.379. The molecule has 2 aromatic rings. The van der Waals surface area contributed by atoms with Gasteiger partial charge in [0.15, 0.2) is 16.6 Å². The van der Waals surface area contributed by atoms with E-state index in [0.717, 1.165) is 12.3 Å². The fourth-order valence-corrected chi connectivity index (χ4v) is 12.0. The summed E-state index contributed by atoms with van der Waals surface area (Å²) in [4.78, 5) is 0. The van der Waals surface area contributed by atoms with Crippen molar-refractivity contribution in [3.05, 3.63) is 60.7 Å². The summed E-state index contributed by atoms with van der Waals surface area (Å²) in [5.41, 5.74) is 0. The zero-order chi connectivity index (χ0) is 19.2. The molecule has 0 amide bonds. The van der Waals surface area contributed by atoms with E-state index in [1.54, 1.807) is 0 Å². The third kappa shape index (κ3) is 8.12. The fraction of sp³-hybridized carbons (Fsp3) is 0.400. The van der Waals surface area contributed by atoms with Crippen molar-refractivity contribution >= 4 is 43.5 Å². The van der Waals surface area contributed by atoms with Crippen LogP contribution in [0.1, 0.15) is 0 Å². The maximum atomic E-state index is 6.46. The van der Waals surface area contributed by atoms with Crippen LogP contribution in [0.25, 0.3) is 0 Å². The molecule has 0 aliphatic rings. The molecule has 26 heavy (non-hydrogen) atoms. The van der Waals surface area contributed by atoms with E-state index in [2.05, 4.69) is 99.9 Å². The highest BCUT2D eigenvalue weighted by Crippen LogP contribution is 2.47.